The van der Waals surface area contributed by atoms with Gasteiger partial charge in [-0.1, -0.05) is 12.1 Å². The fraction of sp³-hybridized carbons (Fsp3) is 0.310. The Morgan fingerprint density at radius 1 is 1.08 bits per heavy atom. The molecule has 0 fully saturated rings. The summed E-state index contributed by atoms with van der Waals surface area (Å²) >= 11 is 0. The molecule has 10 heteroatoms. The third-order valence-electron chi connectivity index (χ3n) is 7.35. The zero-order chi connectivity index (χ0) is 27.1. The number of rotatable bonds is 4. The number of fused-ring (bicyclic) bond motifs is 3. The first-order chi connectivity index (χ1) is 18.8. The van der Waals surface area contributed by atoms with Gasteiger partial charge in [0.25, 0.3) is 5.91 Å². The molecule has 1 amide bonds. The third-order valence-corrected chi connectivity index (χ3v) is 9.10. The average molecular weight is 544 g/mol. The molecule has 3 aromatic heterocycles. The Morgan fingerprint density at radius 3 is 2.82 bits per heavy atom. The number of pyridine rings is 3. The van der Waals surface area contributed by atoms with Crippen molar-refractivity contribution in [2.45, 2.75) is 44.7 Å². The number of carbonyl (C=O) groups excluding carboxylic acids is 1. The van der Waals surface area contributed by atoms with Crippen molar-refractivity contribution in [3.63, 3.8) is 0 Å². The zero-order valence-electron chi connectivity index (χ0n) is 21.9. The normalized spacial score (nSPS) is 16.3. The van der Waals surface area contributed by atoms with E-state index >= 15 is 0 Å². The first-order valence-corrected chi connectivity index (χ1v) is 14.7. The maximum atomic E-state index is 12.9. The van der Waals surface area contributed by atoms with E-state index < -0.39 is 9.84 Å². The van der Waals surface area contributed by atoms with Crippen LogP contribution in [0.3, 0.4) is 0 Å². The van der Waals surface area contributed by atoms with Crippen LogP contribution in [0.1, 0.15) is 44.9 Å². The van der Waals surface area contributed by atoms with Gasteiger partial charge in [-0.25, -0.2) is 18.4 Å². The van der Waals surface area contributed by atoms with Gasteiger partial charge in [0.05, 0.1) is 41.6 Å². The van der Waals surface area contributed by atoms with Crippen molar-refractivity contribution >= 4 is 38.3 Å². The van der Waals surface area contributed by atoms with Crippen molar-refractivity contribution in [2.24, 2.45) is 0 Å². The largest absolute Gasteiger partial charge is 0.376 e. The first kappa shape index (κ1) is 25.4. The van der Waals surface area contributed by atoms with Crippen molar-refractivity contribution < 1.29 is 17.9 Å². The molecule has 2 aliphatic heterocycles. The molecule has 9 nitrogen and oxygen atoms in total. The van der Waals surface area contributed by atoms with Crippen LogP contribution in [0.2, 0.25) is 0 Å². The SMILES string of the molecule is Cc1cc2c(nc1C)N(c1ccc3cnc(CNC(=O)c4ccc5c(c4)S(=O)(=O)CCOC5)cc3n1)CCC2. The Bertz CT molecular complexity index is 1720. The molecule has 0 aliphatic carbocycles. The predicted molar refractivity (Wildman–Crippen MR) is 148 cm³/mol. The second-order valence-corrected chi connectivity index (χ2v) is 12.1. The summed E-state index contributed by atoms with van der Waals surface area (Å²) in [7, 11) is -3.50. The van der Waals surface area contributed by atoms with Gasteiger partial charge >= 0.3 is 0 Å². The molecule has 0 saturated carbocycles. The molecular weight excluding hydrogens is 514 g/mol. The average Bonchev–Trinajstić information content (AvgIpc) is 3.08. The minimum Gasteiger partial charge on any atom is -0.376 e. The molecule has 200 valence electrons. The molecule has 4 aromatic rings. The summed E-state index contributed by atoms with van der Waals surface area (Å²) in [5.74, 6) is 1.32. The van der Waals surface area contributed by atoms with Crippen LogP contribution in [0.5, 0.6) is 0 Å². The van der Waals surface area contributed by atoms with Crippen molar-refractivity contribution in [2.75, 3.05) is 23.8 Å². The summed E-state index contributed by atoms with van der Waals surface area (Å²) in [6.45, 7) is 5.50. The van der Waals surface area contributed by atoms with E-state index in [2.05, 4.69) is 28.2 Å². The van der Waals surface area contributed by atoms with Crippen LogP contribution in [-0.2, 0) is 34.1 Å². The number of amides is 1. The highest BCUT2D eigenvalue weighted by Crippen LogP contribution is 2.33. The molecule has 1 N–H and O–H groups in total. The Balaban J connectivity index is 1.23. The molecular formula is C29H29N5O4S. The summed E-state index contributed by atoms with van der Waals surface area (Å²) in [6, 6.07) is 12.8. The molecule has 0 atom stereocenters. The van der Waals surface area contributed by atoms with Crippen LogP contribution in [0.4, 0.5) is 11.6 Å². The van der Waals surface area contributed by atoms with Crippen LogP contribution >= 0.6 is 0 Å². The fourth-order valence-corrected chi connectivity index (χ4v) is 6.45. The summed E-state index contributed by atoms with van der Waals surface area (Å²) in [5, 5.41) is 3.76. The molecule has 1 aromatic carbocycles. The third kappa shape index (κ3) is 4.97. The van der Waals surface area contributed by atoms with E-state index in [9.17, 15) is 13.2 Å². The van der Waals surface area contributed by atoms with Crippen LogP contribution in [0, 0.1) is 13.8 Å². The maximum absolute atomic E-state index is 12.9. The predicted octanol–water partition coefficient (Wildman–Crippen LogP) is 3.96. The maximum Gasteiger partial charge on any atom is 0.251 e. The molecule has 0 spiro atoms. The number of aromatic nitrogens is 3. The molecule has 39 heavy (non-hydrogen) atoms. The minimum absolute atomic E-state index is 0.0978. The van der Waals surface area contributed by atoms with Crippen LogP contribution < -0.4 is 10.2 Å². The van der Waals surface area contributed by atoms with Crippen LogP contribution in [-0.4, -0.2) is 48.2 Å². The molecule has 6 rings (SSSR count). The van der Waals surface area contributed by atoms with Gasteiger partial charge in [0, 0.05) is 29.4 Å². The van der Waals surface area contributed by atoms with Crippen molar-refractivity contribution in [1.82, 2.24) is 20.3 Å². The lowest BCUT2D eigenvalue weighted by Crippen LogP contribution is -2.27. The number of hydrogen-bond donors (Lipinski definition) is 1. The Morgan fingerprint density at radius 2 is 1.95 bits per heavy atom. The quantitative estimate of drug-likeness (QED) is 0.411. The standard InChI is InChI=1S/C29H29N5O4S/c1-18-12-20-4-3-9-34(28(20)32-19(18)2)27-8-7-22-15-30-24(14-25(22)33-27)16-31-29(35)21-5-6-23-17-38-10-11-39(36,37)26(23)13-21/h5-8,12-15H,3-4,9-11,16-17H2,1-2H3,(H,31,35). The smallest absolute Gasteiger partial charge is 0.251 e. The highest BCUT2D eigenvalue weighted by Gasteiger charge is 2.24. The van der Waals surface area contributed by atoms with Gasteiger partial charge in [-0.2, -0.15) is 0 Å². The van der Waals surface area contributed by atoms with Crippen LogP contribution in [0.25, 0.3) is 10.9 Å². The van der Waals surface area contributed by atoms with E-state index in [-0.39, 0.29) is 41.9 Å². The summed E-state index contributed by atoms with van der Waals surface area (Å²) in [5.41, 5.74) is 5.73. The first-order valence-electron chi connectivity index (χ1n) is 13.0. The number of anilines is 2. The monoisotopic (exact) mass is 543 g/mol. The van der Waals surface area contributed by atoms with Gasteiger partial charge in [-0.05, 0) is 73.7 Å². The lowest BCUT2D eigenvalue weighted by molar-refractivity contribution is 0.0950. The molecule has 0 unspecified atom stereocenters. The van der Waals surface area contributed by atoms with E-state index in [4.69, 9.17) is 14.7 Å². The Labute approximate surface area is 227 Å². The number of carbonyl (C=O) groups is 1. The van der Waals surface area contributed by atoms with Gasteiger partial charge in [0.1, 0.15) is 11.6 Å². The highest BCUT2D eigenvalue weighted by atomic mass is 32.2. The summed E-state index contributed by atoms with van der Waals surface area (Å²) in [4.78, 5) is 29.5. The summed E-state index contributed by atoms with van der Waals surface area (Å²) in [6.07, 6.45) is 3.78. The number of sulfone groups is 1. The Kier molecular flexibility index (Phi) is 6.52. The summed E-state index contributed by atoms with van der Waals surface area (Å²) < 4.78 is 30.5. The molecule has 0 bridgehead atoms. The number of hydrogen-bond acceptors (Lipinski definition) is 8. The van der Waals surface area contributed by atoms with Crippen LogP contribution in [0.15, 0.2) is 53.6 Å². The minimum atomic E-state index is -3.50. The van der Waals surface area contributed by atoms with E-state index in [1.165, 1.54) is 17.2 Å². The van der Waals surface area contributed by atoms with Gasteiger partial charge in [0.2, 0.25) is 0 Å². The second-order valence-electron chi connectivity index (χ2n) is 10.0. The number of ether oxygens (including phenoxy) is 1. The van der Waals surface area contributed by atoms with Gasteiger partial charge in [0.15, 0.2) is 9.84 Å². The highest BCUT2D eigenvalue weighted by molar-refractivity contribution is 7.91. The second kappa shape index (κ2) is 10.0. The van der Waals surface area contributed by atoms with Crippen molar-refractivity contribution in [3.8, 4) is 0 Å². The lowest BCUT2D eigenvalue weighted by atomic mass is 10.0. The zero-order valence-corrected chi connectivity index (χ0v) is 22.7. The Hall–Kier alpha value is -3.89. The van der Waals surface area contributed by atoms with Crippen molar-refractivity contribution in [3.05, 3.63) is 82.3 Å². The molecule has 0 saturated heterocycles. The molecule has 2 aliphatic rings. The van der Waals surface area contributed by atoms with Gasteiger partial charge in [-0.15, -0.1) is 0 Å². The molecule has 5 heterocycles. The van der Waals surface area contributed by atoms with E-state index in [0.29, 0.717) is 11.3 Å². The topological polar surface area (TPSA) is 114 Å². The number of benzene rings is 1. The van der Waals surface area contributed by atoms with E-state index in [1.54, 1.807) is 18.3 Å². The lowest BCUT2D eigenvalue weighted by Gasteiger charge is -2.30. The number of aryl methyl sites for hydroxylation is 3. The van der Waals surface area contributed by atoms with E-state index in [0.717, 1.165) is 47.6 Å². The molecule has 0 radical (unpaired) electrons. The number of nitrogens with zero attached hydrogens (tertiary/aromatic N) is 4. The van der Waals surface area contributed by atoms with E-state index in [1.807, 2.05) is 25.1 Å². The fourth-order valence-electron chi connectivity index (χ4n) is 5.06. The van der Waals surface area contributed by atoms with Crippen molar-refractivity contribution in [1.29, 1.82) is 0 Å². The number of nitrogens with one attached hydrogen (secondary N) is 1. The van der Waals surface area contributed by atoms with Gasteiger partial charge < -0.3 is 15.0 Å². The van der Waals surface area contributed by atoms with Gasteiger partial charge in [-0.3, -0.25) is 9.78 Å².